The van der Waals surface area contributed by atoms with E-state index in [4.69, 9.17) is 5.73 Å². The molecule has 0 aliphatic heterocycles. The highest BCUT2D eigenvalue weighted by molar-refractivity contribution is 8.01. The van der Waals surface area contributed by atoms with E-state index >= 15 is 0 Å². The third kappa shape index (κ3) is 2.25. The molecule has 3 nitrogen and oxygen atoms in total. The van der Waals surface area contributed by atoms with Crippen molar-refractivity contribution in [2.75, 3.05) is 5.73 Å². The number of nitrogens with zero attached hydrogens (tertiary/aromatic N) is 2. The molecular weight excluding hydrogens is 250 g/mol. The van der Waals surface area contributed by atoms with Crippen LogP contribution >= 0.6 is 23.1 Å². The van der Waals surface area contributed by atoms with E-state index < -0.39 is 0 Å². The van der Waals surface area contributed by atoms with Crippen LogP contribution in [0.2, 0.25) is 0 Å². The SMILES string of the molecule is Nc1cc(Sc2nc3ccccc3s2)ccn1. The number of rotatable bonds is 2. The monoisotopic (exact) mass is 259 g/mol. The van der Waals surface area contributed by atoms with Crippen molar-refractivity contribution in [2.24, 2.45) is 0 Å². The summed E-state index contributed by atoms with van der Waals surface area (Å²) < 4.78 is 2.23. The summed E-state index contributed by atoms with van der Waals surface area (Å²) in [4.78, 5) is 9.60. The van der Waals surface area contributed by atoms with Gasteiger partial charge >= 0.3 is 0 Å². The van der Waals surface area contributed by atoms with Crippen LogP contribution in [0.4, 0.5) is 5.82 Å². The van der Waals surface area contributed by atoms with Gasteiger partial charge in [0.15, 0.2) is 4.34 Å². The molecule has 0 unspecified atom stereocenters. The van der Waals surface area contributed by atoms with Gasteiger partial charge in [-0.3, -0.25) is 0 Å². The predicted molar refractivity (Wildman–Crippen MR) is 72.4 cm³/mol. The van der Waals surface area contributed by atoms with Gasteiger partial charge in [-0.15, -0.1) is 11.3 Å². The van der Waals surface area contributed by atoms with Gasteiger partial charge in [-0.1, -0.05) is 23.9 Å². The van der Waals surface area contributed by atoms with Crippen LogP contribution in [0.1, 0.15) is 0 Å². The van der Waals surface area contributed by atoms with Crippen LogP contribution in [-0.4, -0.2) is 9.97 Å². The molecule has 0 spiro atoms. The Hall–Kier alpha value is -1.59. The number of aromatic nitrogens is 2. The molecule has 2 heterocycles. The minimum absolute atomic E-state index is 0.538. The van der Waals surface area contributed by atoms with Gasteiger partial charge in [0.2, 0.25) is 0 Å². The lowest BCUT2D eigenvalue weighted by molar-refractivity contribution is 1.25. The smallest absolute Gasteiger partial charge is 0.155 e. The summed E-state index contributed by atoms with van der Waals surface area (Å²) in [7, 11) is 0. The molecule has 3 rings (SSSR count). The molecule has 0 saturated carbocycles. The first kappa shape index (κ1) is 10.6. The third-order valence-corrected chi connectivity index (χ3v) is 4.32. The van der Waals surface area contributed by atoms with Crippen LogP contribution in [0.3, 0.4) is 0 Å². The zero-order valence-electron chi connectivity index (χ0n) is 8.83. The van der Waals surface area contributed by atoms with E-state index in [-0.39, 0.29) is 0 Å². The van der Waals surface area contributed by atoms with Crippen molar-refractivity contribution >= 4 is 39.1 Å². The minimum Gasteiger partial charge on any atom is -0.384 e. The molecule has 0 fully saturated rings. The maximum atomic E-state index is 5.65. The second kappa shape index (κ2) is 4.35. The summed E-state index contributed by atoms with van der Waals surface area (Å²) in [6.45, 7) is 0. The van der Waals surface area contributed by atoms with Crippen LogP contribution in [0.15, 0.2) is 51.8 Å². The minimum atomic E-state index is 0.538. The Kier molecular flexibility index (Phi) is 2.70. The predicted octanol–water partition coefficient (Wildman–Crippen LogP) is 3.42. The van der Waals surface area contributed by atoms with Crippen molar-refractivity contribution in [3.05, 3.63) is 42.6 Å². The van der Waals surface area contributed by atoms with E-state index in [1.165, 1.54) is 4.70 Å². The van der Waals surface area contributed by atoms with Crippen LogP contribution in [0.25, 0.3) is 10.2 Å². The Bertz CT molecular complexity index is 630. The molecule has 1 aromatic carbocycles. The normalized spacial score (nSPS) is 10.8. The van der Waals surface area contributed by atoms with E-state index in [2.05, 4.69) is 16.0 Å². The Labute approximate surface area is 107 Å². The number of benzene rings is 1. The maximum Gasteiger partial charge on any atom is 0.155 e. The highest BCUT2D eigenvalue weighted by atomic mass is 32.2. The Balaban J connectivity index is 1.94. The highest BCUT2D eigenvalue weighted by Crippen LogP contribution is 2.34. The molecule has 0 bridgehead atoms. The van der Waals surface area contributed by atoms with Crippen LogP contribution in [-0.2, 0) is 0 Å². The molecule has 0 aliphatic carbocycles. The van der Waals surface area contributed by atoms with E-state index in [9.17, 15) is 0 Å². The van der Waals surface area contributed by atoms with Crippen LogP contribution < -0.4 is 5.73 Å². The summed E-state index contributed by atoms with van der Waals surface area (Å²) in [5.41, 5.74) is 6.69. The molecule has 0 aliphatic rings. The number of nitrogens with two attached hydrogens (primary N) is 1. The lowest BCUT2D eigenvalue weighted by atomic mass is 10.3. The molecule has 5 heteroatoms. The lowest BCUT2D eigenvalue weighted by Crippen LogP contribution is -1.87. The number of hydrogen-bond acceptors (Lipinski definition) is 5. The van der Waals surface area contributed by atoms with Gasteiger partial charge in [-0.25, -0.2) is 9.97 Å². The largest absolute Gasteiger partial charge is 0.384 e. The summed E-state index contributed by atoms with van der Waals surface area (Å²) in [6, 6.07) is 11.9. The van der Waals surface area contributed by atoms with Gasteiger partial charge in [0.25, 0.3) is 0 Å². The van der Waals surface area contributed by atoms with E-state index in [0.29, 0.717) is 5.82 Å². The highest BCUT2D eigenvalue weighted by Gasteiger charge is 2.05. The number of para-hydroxylation sites is 1. The van der Waals surface area contributed by atoms with Crippen LogP contribution in [0.5, 0.6) is 0 Å². The molecule has 0 saturated heterocycles. The molecule has 0 radical (unpaired) electrons. The fourth-order valence-electron chi connectivity index (χ4n) is 1.49. The average molecular weight is 259 g/mol. The maximum absolute atomic E-state index is 5.65. The number of thiazole rings is 1. The van der Waals surface area contributed by atoms with Gasteiger partial charge in [-0.05, 0) is 24.3 Å². The van der Waals surface area contributed by atoms with Crippen molar-refractivity contribution in [3.63, 3.8) is 0 Å². The average Bonchev–Trinajstić information content (AvgIpc) is 2.71. The molecule has 0 amide bonds. The van der Waals surface area contributed by atoms with Gasteiger partial charge < -0.3 is 5.73 Å². The summed E-state index contributed by atoms with van der Waals surface area (Å²) in [5.74, 6) is 0.538. The standard InChI is InChI=1S/C12H9N3S2/c13-11-7-8(5-6-14-11)16-12-15-9-3-1-2-4-10(9)17-12/h1-7H,(H2,13,14). The third-order valence-electron chi connectivity index (χ3n) is 2.23. The fraction of sp³-hybridized carbons (Fsp3) is 0. The van der Waals surface area contributed by atoms with Crippen molar-refractivity contribution in [1.82, 2.24) is 9.97 Å². The second-order valence-corrected chi connectivity index (χ2v) is 5.82. The molecule has 2 aromatic heterocycles. The summed E-state index contributed by atoms with van der Waals surface area (Å²) >= 11 is 3.30. The summed E-state index contributed by atoms with van der Waals surface area (Å²) in [5, 5.41) is 0. The number of nitrogen functional groups attached to an aromatic ring is 1. The van der Waals surface area contributed by atoms with Gasteiger partial charge in [-0.2, -0.15) is 0 Å². The number of anilines is 1. The molecule has 17 heavy (non-hydrogen) atoms. The number of hydrogen-bond donors (Lipinski definition) is 1. The summed E-state index contributed by atoms with van der Waals surface area (Å²) in [6.07, 6.45) is 1.71. The van der Waals surface area contributed by atoms with E-state index in [0.717, 1.165) is 14.8 Å². The second-order valence-electron chi connectivity index (χ2n) is 3.47. The van der Waals surface area contributed by atoms with E-state index in [1.54, 1.807) is 29.3 Å². The molecular formula is C12H9N3S2. The van der Waals surface area contributed by atoms with Crippen molar-refractivity contribution in [2.45, 2.75) is 9.24 Å². The first-order valence-electron chi connectivity index (χ1n) is 5.06. The first-order valence-corrected chi connectivity index (χ1v) is 6.69. The topological polar surface area (TPSA) is 51.8 Å². The Morgan fingerprint density at radius 2 is 2.06 bits per heavy atom. The van der Waals surface area contributed by atoms with Gasteiger partial charge in [0, 0.05) is 11.1 Å². The Morgan fingerprint density at radius 1 is 1.18 bits per heavy atom. The lowest BCUT2D eigenvalue weighted by Gasteiger charge is -1.97. The Morgan fingerprint density at radius 3 is 2.88 bits per heavy atom. The van der Waals surface area contributed by atoms with Gasteiger partial charge in [0.05, 0.1) is 10.2 Å². The molecule has 0 atom stereocenters. The molecule has 84 valence electrons. The van der Waals surface area contributed by atoms with E-state index in [1.807, 2.05) is 30.3 Å². The fourth-order valence-corrected chi connectivity index (χ4v) is 3.56. The molecule has 2 N–H and O–H groups in total. The number of pyridine rings is 1. The molecule has 3 aromatic rings. The zero-order chi connectivity index (χ0) is 11.7. The van der Waals surface area contributed by atoms with Gasteiger partial charge in [0.1, 0.15) is 5.82 Å². The first-order chi connectivity index (χ1) is 8.31. The van der Waals surface area contributed by atoms with Crippen molar-refractivity contribution < 1.29 is 0 Å². The number of fused-ring (bicyclic) bond motifs is 1. The quantitative estimate of drug-likeness (QED) is 0.766. The zero-order valence-corrected chi connectivity index (χ0v) is 10.5. The van der Waals surface area contributed by atoms with Crippen molar-refractivity contribution in [3.8, 4) is 0 Å². The van der Waals surface area contributed by atoms with Crippen LogP contribution in [0, 0.1) is 0 Å². The van der Waals surface area contributed by atoms with Crippen molar-refractivity contribution in [1.29, 1.82) is 0 Å².